The molecule has 1 unspecified atom stereocenters. The Morgan fingerprint density at radius 3 is 3.00 bits per heavy atom. The lowest BCUT2D eigenvalue weighted by Crippen LogP contribution is -2.50. The van der Waals surface area contributed by atoms with Gasteiger partial charge in [0.05, 0.1) is 12.0 Å². The van der Waals surface area contributed by atoms with Crippen molar-refractivity contribution in [1.82, 2.24) is 4.90 Å². The first-order valence-electron chi connectivity index (χ1n) is 6.10. The Balaban J connectivity index is 2.08. The molecule has 2 rings (SSSR count). The maximum atomic E-state index is 12.3. The summed E-state index contributed by atoms with van der Waals surface area (Å²) in [5.41, 5.74) is 6.90. The van der Waals surface area contributed by atoms with E-state index < -0.39 is 0 Å². The van der Waals surface area contributed by atoms with Crippen LogP contribution in [0.25, 0.3) is 0 Å². The monoisotopic (exact) mass is 252 g/mol. The molecule has 1 saturated heterocycles. The number of thiophene rings is 1. The summed E-state index contributed by atoms with van der Waals surface area (Å²) in [6, 6.07) is 2.07. The highest BCUT2D eigenvalue weighted by atomic mass is 32.1. The second-order valence-corrected chi connectivity index (χ2v) is 6.05. The van der Waals surface area contributed by atoms with E-state index in [0.717, 1.165) is 19.4 Å². The number of amides is 1. The van der Waals surface area contributed by atoms with Crippen LogP contribution in [-0.2, 0) is 11.2 Å². The molecule has 94 valence electrons. The van der Waals surface area contributed by atoms with Gasteiger partial charge in [-0.05, 0) is 43.7 Å². The predicted molar refractivity (Wildman–Crippen MR) is 71.2 cm³/mol. The van der Waals surface area contributed by atoms with E-state index in [1.54, 1.807) is 11.3 Å². The first kappa shape index (κ1) is 12.6. The molecule has 4 heteroatoms. The van der Waals surface area contributed by atoms with Crippen molar-refractivity contribution in [1.29, 1.82) is 0 Å². The molecular weight excluding hydrogens is 232 g/mol. The SMILES string of the molecule is Cc1ccsc1CC(=O)N1CCCC1(C)CN. The number of carbonyl (C=O) groups excluding carboxylic acids is 1. The quantitative estimate of drug-likeness (QED) is 0.893. The van der Waals surface area contributed by atoms with E-state index in [-0.39, 0.29) is 11.4 Å². The molecule has 2 heterocycles. The summed E-state index contributed by atoms with van der Waals surface area (Å²) in [5.74, 6) is 0.223. The number of rotatable bonds is 3. The molecule has 0 aromatic carbocycles. The Morgan fingerprint density at radius 1 is 1.65 bits per heavy atom. The zero-order valence-corrected chi connectivity index (χ0v) is 11.3. The van der Waals surface area contributed by atoms with Crippen LogP contribution in [0.2, 0.25) is 0 Å². The summed E-state index contributed by atoms with van der Waals surface area (Å²) in [5, 5.41) is 2.05. The fourth-order valence-electron chi connectivity index (χ4n) is 2.48. The van der Waals surface area contributed by atoms with Gasteiger partial charge in [0.25, 0.3) is 0 Å². The Labute approximate surface area is 107 Å². The highest BCUT2D eigenvalue weighted by molar-refractivity contribution is 7.10. The average Bonchev–Trinajstić information content (AvgIpc) is 2.87. The summed E-state index contributed by atoms with van der Waals surface area (Å²) in [6.45, 7) is 5.57. The van der Waals surface area contributed by atoms with Crippen molar-refractivity contribution >= 4 is 17.2 Å². The first-order valence-corrected chi connectivity index (χ1v) is 6.98. The van der Waals surface area contributed by atoms with Crippen LogP contribution in [0.3, 0.4) is 0 Å². The smallest absolute Gasteiger partial charge is 0.228 e. The Kier molecular flexibility index (Phi) is 3.54. The van der Waals surface area contributed by atoms with E-state index in [9.17, 15) is 4.79 Å². The van der Waals surface area contributed by atoms with Gasteiger partial charge in [-0.3, -0.25) is 4.79 Å². The molecule has 1 aromatic heterocycles. The van der Waals surface area contributed by atoms with Crippen LogP contribution in [-0.4, -0.2) is 29.4 Å². The van der Waals surface area contributed by atoms with Crippen molar-refractivity contribution in [2.24, 2.45) is 5.73 Å². The second kappa shape index (κ2) is 4.78. The largest absolute Gasteiger partial charge is 0.336 e. The van der Waals surface area contributed by atoms with Gasteiger partial charge in [0.1, 0.15) is 0 Å². The molecule has 0 spiro atoms. The predicted octanol–water partition coefficient (Wildman–Crippen LogP) is 1.94. The summed E-state index contributed by atoms with van der Waals surface area (Å²) < 4.78 is 0. The van der Waals surface area contributed by atoms with Crippen molar-refractivity contribution < 1.29 is 4.79 Å². The molecule has 1 amide bonds. The molecule has 0 radical (unpaired) electrons. The van der Waals surface area contributed by atoms with Crippen LogP contribution in [0.1, 0.15) is 30.2 Å². The number of carbonyl (C=O) groups is 1. The number of hydrogen-bond donors (Lipinski definition) is 1. The zero-order valence-electron chi connectivity index (χ0n) is 10.5. The molecule has 3 nitrogen and oxygen atoms in total. The third-order valence-electron chi connectivity index (χ3n) is 3.77. The third-order valence-corrected chi connectivity index (χ3v) is 4.79. The number of nitrogens with two attached hydrogens (primary N) is 1. The molecule has 17 heavy (non-hydrogen) atoms. The van der Waals surface area contributed by atoms with Gasteiger partial charge in [0.2, 0.25) is 5.91 Å². The standard InChI is InChI=1S/C13H20N2OS/c1-10-4-7-17-11(10)8-12(16)15-6-3-5-13(15,2)9-14/h4,7H,3,5-6,8-9,14H2,1-2H3. The van der Waals surface area contributed by atoms with Crippen molar-refractivity contribution in [3.05, 3.63) is 21.9 Å². The van der Waals surface area contributed by atoms with Gasteiger partial charge < -0.3 is 10.6 Å². The van der Waals surface area contributed by atoms with Crippen molar-refractivity contribution in [2.75, 3.05) is 13.1 Å². The number of aryl methyl sites for hydroxylation is 1. The summed E-state index contributed by atoms with van der Waals surface area (Å²) in [7, 11) is 0. The van der Waals surface area contributed by atoms with Gasteiger partial charge in [-0.25, -0.2) is 0 Å². The molecule has 0 saturated carbocycles. The highest BCUT2D eigenvalue weighted by Crippen LogP contribution is 2.29. The van der Waals surface area contributed by atoms with E-state index in [2.05, 4.69) is 19.9 Å². The van der Waals surface area contributed by atoms with Crippen LogP contribution in [0.5, 0.6) is 0 Å². The molecule has 0 bridgehead atoms. The topological polar surface area (TPSA) is 46.3 Å². The molecule has 1 aliphatic rings. The van der Waals surface area contributed by atoms with Gasteiger partial charge in [-0.2, -0.15) is 0 Å². The Bertz CT molecular complexity index is 415. The van der Waals surface area contributed by atoms with Crippen LogP contribution < -0.4 is 5.73 Å². The Morgan fingerprint density at radius 2 is 2.41 bits per heavy atom. The van der Waals surface area contributed by atoms with E-state index in [1.807, 2.05) is 10.3 Å². The fourth-order valence-corrected chi connectivity index (χ4v) is 3.38. The van der Waals surface area contributed by atoms with Crippen molar-refractivity contribution in [2.45, 2.75) is 38.6 Å². The molecule has 1 atom stereocenters. The molecule has 1 aromatic rings. The molecule has 0 aliphatic carbocycles. The van der Waals surface area contributed by atoms with Crippen LogP contribution in [0.15, 0.2) is 11.4 Å². The fraction of sp³-hybridized carbons (Fsp3) is 0.615. The van der Waals surface area contributed by atoms with Gasteiger partial charge in [0.15, 0.2) is 0 Å². The second-order valence-electron chi connectivity index (χ2n) is 5.05. The maximum Gasteiger partial charge on any atom is 0.228 e. The van der Waals surface area contributed by atoms with Crippen LogP contribution >= 0.6 is 11.3 Å². The number of nitrogens with zero attached hydrogens (tertiary/aromatic N) is 1. The zero-order chi connectivity index (χ0) is 12.5. The molecule has 1 aliphatic heterocycles. The lowest BCUT2D eigenvalue weighted by Gasteiger charge is -2.34. The third kappa shape index (κ3) is 2.38. The van der Waals surface area contributed by atoms with Gasteiger partial charge in [-0.1, -0.05) is 0 Å². The van der Waals surface area contributed by atoms with Crippen molar-refractivity contribution in [3.63, 3.8) is 0 Å². The van der Waals surface area contributed by atoms with E-state index in [1.165, 1.54) is 10.4 Å². The average molecular weight is 252 g/mol. The van der Waals surface area contributed by atoms with Crippen molar-refractivity contribution in [3.8, 4) is 0 Å². The van der Waals surface area contributed by atoms with E-state index >= 15 is 0 Å². The molecular formula is C13H20N2OS. The summed E-state index contributed by atoms with van der Waals surface area (Å²) in [4.78, 5) is 15.5. The first-order chi connectivity index (χ1) is 8.07. The summed E-state index contributed by atoms with van der Waals surface area (Å²) in [6.07, 6.45) is 2.63. The lowest BCUT2D eigenvalue weighted by molar-refractivity contribution is -0.133. The van der Waals surface area contributed by atoms with Crippen LogP contribution in [0.4, 0.5) is 0 Å². The van der Waals surface area contributed by atoms with E-state index in [0.29, 0.717) is 13.0 Å². The van der Waals surface area contributed by atoms with Crippen LogP contribution in [0, 0.1) is 6.92 Å². The van der Waals surface area contributed by atoms with E-state index in [4.69, 9.17) is 5.73 Å². The summed E-state index contributed by atoms with van der Waals surface area (Å²) >= 11 is 1.67. The highest BCUT2D eigenvalue weighted by Gasteiger charge is 2.38. The maximum absolute atomic E-state index is 12.3. The lowest BCUT2D eigenvalue weighted by atomic mass is 9.99. The molecule has 1 fully saturated rings. The normalized spacial score (nSPS) is 24.3. The van der Waals surface area contributed by atoms with Gasteiger partial charge in [-0.15, -0.1) is 11.3 Å². The number of likely N-dealkylation sites (tertiary alicyclic amines) is 1. The minimum absolute atomic E-state index is 0.123. The minimum atomic E-state index is -0.123. The minimum Gasteiger partial charge on any atom is -0.336 e. The van der Waals surface area contributed by atoms with Gasteiger partial charge in [0, 0.05) is 18.0 Å². The Hall–Kier alpha value is -0.870. The number of hydrogen-bond acceptors (Lipinski definition) is 3. The molecule has 2 N–H and O–H groups in total. The van der Waals surface area contributed by atoms with Gasteiger partial charge >= 0.3 is 0 Å².